The van der Waals surface area contributed by atoms with E-state index < -0.39 is 56.5 Å². The zero-order valence-electron chi connectivity index (χ0n) is 30.4. The first-order valence-corrected chi connectivity index (χ1v) is 19.5. The Bertz CT molecular complexity index is 2910. The number of azo groups is 2. The molecule has 0 amide bonds. The first-order valence-electron chi connectivity index (χ1n) is 15.3. The second kappa shape index (κ2) is 18.5. The van der Waals surface area contributed by atoms with Crippen molar-refractivity contribution in [1.29, 1.82) is 0 Å². The van der Waals surface area contributed by atoms with E-state index in [0.29, 0.717) is 28.6 Å². The number of aromatic hydroxyl groups is 2. The number of rotatable bonds is 9. The van der Waals surface area contributed by atoms with E-state index in [9.17, 15) is 49.1 Å². The predicted molar refractivity (Wildman–Crippen MR) is 189 cm³/mol. The summed E-state index contributed by atoms with van der Waals surface area (Å²) in [5.41, 5.74) is 4.02. The number of hydrogen-bond acceptors (Lipinski definition) is 15. The van der Waals surface area contributed by atoms with Crippen LogP contribution in [-0.2, 0) is 36.8 Å². The molecule has 0 heterocycles. The quantitative estimate of drug-likeness (QED) is 0.0929. The molecule has 0 saturated carbocycles. The standard InChI is InChI=1S/C35H28N4O11S3.3Na/c1-19-13-25(36-38-33-29-10-8-27(51(42,43)44)16-23(29)5-12-31(33)40)6-3-21(19)15-22-4-7-26(14-20(22)2)37-39-34-30-11-9-28(52(45,46)47)17-24(30)18-32(35(34)41)53(48,49)50;;;/h3-14,16-18,40-41H,15H2,1-2H3,(H,42,43,44)(H,45,46,47)(H,48,49,50);;;/q;3*+1/p-3. The Balaban J connectivity index is 0.00000280. The molecule has 6 aromatic rings. The molecule has 0 bridgehead atoms. The largest absolute Gasteiger partial charge is 1.00 e. The van der Waals surface area contributed by atoms with Crippen LogP contribution >= 0.6 is 0 Å². The minimum absolute atomic E-state index is 0. The number of phenolic OH excluding ortho intramolecular Hbond substituents is 2. The fraction of sp³-hybridized carbons (Fsp3) is 0.0857. The van der Waals surface area contributed by atoms with Gasteiger partial charge in [0.2, 0.25) is 0 Å². The number of aryl methyl sites for hydroxylation is 2. The van der Waals surface area contributed by atoms with Crippen LogP contribution in [0.1, 0.15) is 22.3 Å². The molecule has 0 unspecified atom stereocenters. The van der Waals surface area contributed by atoms with Crippen molar-refractivity contribution in [1.82, 2.24) is 0 Å². The molecule has 2 N–H and O–H groups in total. The van der Waals surface area contributed by atoms with Gasteiger partial charge in [-0.2, -0.15) is 10.2 Å². The zero-order valence-corrected chi connectivity index (χ0v) is 38.9. The van der Waals surface area contributed by atoms with E-state index in [4.69, 9.17) is 0 Å². The van der Waals surface area contributed by atoms with Crippen molar-refractivity contribution in [2.75, 3.05) is 0 Å². The summed E-state index contributed by atoms with van der Waals surface area (Å²) in [6.07, 6.45) is 0.501. The molecule has 0 radical (unpaired) electrons. The molecule has 0 aromatic heterocycles. The third kappa shape index (κ3) is 10.7. The molecule has 21 heteroatoms. The molecular weight excluding hydrogens is 818 g/mol. The van der Waals surface area contributed by atoms with Gasteiger partial charge in [-0.15, -0.1) is 10.2 Å². The summed E-state index contributed by atoms with van der Waals surface area (Å²) in [7, 11) is -14.8. The van der Waals surface area contributed by atoms with Crippen molar-refractivity contribution in [3.8, 4) is 11.5 Å². The van der Waals surface area contributed by atoms with E-state index >= 15 is 0 Å². The molecule has 0 saturated heterocycles. The van der Waals surface area contributed by atoms with E-state index in [1.54, 1.807) is 30.3 Å². The van der Waals surface area contributed by atoms with Gasteiger partial charge < -0.3 is 23.9 Å². The number of phenols is 2. The average molecular weight is 843 g/mol. The molecule has 0 aliphatic heterocycles. The molecule has 6 rings (SSSR count). The summed E-state index contributed by atoms with van der Waals surface area (Å²) in [6.45, 7) is 3.72. The molecule has 0 aliphatic carbocycles. The molecular formula is C35H25N4Na3O11S3. The Hall–Kier alpha value is -2.63. The third-order valence-corrected chi connectivity index (χ3v) is 10.9. The molecule has 0 spiro atoms. The molecule has 0 atom stereocenters. The maximum atomic E-state index is 11.9. The first kappa shape index (κ1) is 47.7. The summed E-state index contributed by atoms with van der Waals surface area (Å²) in [4.78, 5) is -2.14. The van der Waals surface area contributed by atoms with Gasteiger partial charge >= 0.3 is 88.7 Å². The molecule has 0 fully saturated rings. The summed E-state index contributed by atoms with van der Waals surface area (Å²) < 4.78 is 104. The Morgan fingerprint density at radius 2 is 0.982 bits per heavy atom. The van der Waals surface area contributed by atoms with Gasteiger partial charge in [0.1, 0.15) is 47.5 Å². The molecule has 15 nitrogen and oxygen atoms in total. The third-order valence-electron chi connectivity index (χ3n) is 8.37. The van der Waals surface area contributed by atoms with Crippen LogP contribution in [0.25, 0.3) is 21.5 Å². The minimum atomic E-state index is -5.23. The van der Waals surface area contributed by atoms with Gasteiger partial charge in [0.15, 0.2) is 5.75 Å². The average Bonchev–Trinajstić information content (AvgIpc) is 3.07. The van der Waals surface area contributed by atoms with Crippen molar-refractivity contribution in [2.45, 2.75) is 35.0 Å². The second-order valence-electron chi connectivity index (χ2n) is 11.9. The van der Waals surface area contributed by atoms with Gasteiger partial charge in [0.25, 0.3) is 0 Å². The fourth-order valence-electron chi connectivity index (χ4n) is 5.62. The number of hydrogen-bond donors (Lipinski definition) is 2. The Kier molecular flexibility index (Phi) is 15.8. The van der Waals surface area contributed by atoms with E-state index in [0.717, 1.165) is 52.6 Å². The van der Waals surface area contributed by atoms with Gasteiger partial charge in [-0.3, -0.25) is 0 Å². The Morgan fingerprint density at radius 1 is 0.518 bits per heavy atom. The summed E-state index contributed by atoms with van der Waals surface area (Å²) >= 11 is 0. The second-order valence-corrected chi connectivity index (χ2v) is 16.0. The Labute approximate surface area is 388 Å². The number of fused-ring (bicyclic) bond motifs is 2. The smallest absolute Gasteiger partial charge is 0.744 e. The normalized spacial score (nSPS) is 12.1. The van der Waals surface area contributed by atoms with Crippen LogP contribution in [0.5, 0.6) is 11.5 Å². The number of benzene rings is 6. The summed E-state index contributed by atoms with van der Waals surface area (Å²) in [5, 5.41) is 38.3. The van der Waals surface area contributed by atoms with E-state index in [2.05, 4.69) is 20.5 Å². The van der Waals surface area contributed by atoms with Crippen LogP contribution in [0.15, 0.2) is 126 Å². The van der Waals surface area contributed by atoms with E-state index in [1.807, 2.05) is 19.9 Å². The number of nitrogens with zero attached hydrogens (tertiary/aromatic N) is 4. The van der Waals surface area contributed by atoms with E-state index in [1.165, 1.54) is 24.3 Å². The van der Waals surface area contributed by atoms with Crippen molar-refractivity contribution in [2.24, 2.45) is 20.5 Å². The van der Waals surface area contributed by atoms with Crippen molar-refractivity contribution in [3.63, 3.8) is 0 Å². The van der Waals surface area contributed by atoms with Gasteiger partial charge in [-0.1, -0.05) is 30.3 Å². The van der Waals surface area contributed by atoms with Gasteiger partial charge in [-0.25, -0.2) is 25.3 Å². The van der Waals surface area contributed by atoms with Crippen molar-refractivity contribution < 1.29 is 138 Å². The van der Waals surface area contributed by atoms with Crippen LogP contribution in [0, 0.1) is 13.8 Å². The zero-order chi connectivity index (χ0) is 38.5. The molecule has 0 aliphatic rings. The topological polar surface area (TPSA) is 261 Å². The first-order chi connectivity index (χ1) is 24.8. The molecule has 272 valence electrons. The SMILES string of the molecule is Cc1cc(N=Nc2c(O)ccc3cc(S(=O)(=O)[O-])ccc23)ccc1Cc1ccc(N=Nc2c(O)c(S(=O)(=O)[O-])cc3cc(S(=O)(=O)[O-])ccc23)cc1C.[Na+].[Na+].[Na+]. The van der Waals surface area contributed by atoms with Crippen LogP contribution < -0.4 is 88.7 Å². The predicted octanol–water partition coefficient (Wildman–Crippen LogP) is -1.83. The summed E-state index contributed by atoms with van der Waals surface area (Å²) in [5.74, 6) is -1.17. The fourth-order valence-corrected chi connectivity index (χ4v) is 7.24. The van der Waals surface area contributed by atoms with Crippen LogP contribution in [0.2, 0.25) is 0 Å². The van der Waals surface area contributed by atoms with Crippen LogP contribution in [0.4, 0.5) is 22.7 Å². The van der Waals surface area contributed by atoms with Gasteiger partial charge in [-0.05, 0) is 114 Å². The van der Waals surface area contributed by atoms with Crippen LogP contribution in [0.3, 0.4) is 0 Å². The van der Waals surface area contributed by atoms with Gasteiger partial charge in [0.05, 0.1) is 26.1 Å². The maximum Gasteiger partial charge on any atom is 1.00 e. The van der Waals surface area contributed by atoms with Crippen molar-refractivity contribution in [3.05, 3.63) is 113 Å². The van der Waals surface area contributed by atoms with Gasteiger partial charge in [0, 0.05) is 10.8 Å². The van der Waals surface area contributed by atoms with Crippen molar-refractivity contribution >= 4 is 74.6 Å². The molecule has 6 aromatic carbocycles. The molecule has 56 heavy (non-hydrogen) atoms. The minimum Gasteiger partial charge on any atom is -0.744 e. The van der Waals surface area contributed by atoms with E-state index in [-0.39, 0.29) is 111 Å². The maximum absolute atomic E-state index is 11.9. The van der Waals surface area contributed by atoms with Crippen LogP contribution in [-0.4, -0.2) is 49.1 Å². The monoisotopic (exact) mass is 842 g/mol. The Morgan fingerprint density at radius 3 is 1.45 bits per heavy atom. The summed E-state index contributed by atoms with van der Waals surface area (Å²) in [6, 6.07) is 20.8.